The number of benzene rings is 2. The lowest BCUT2D eigenvalue weighted by molar-refractivity contribution is 0.0693. The lowest BCUT2D eigenvalue weighted by Crippen LogP contribution is -2.07. The van der Waals surface area contributed by atoms with Gasteiger partial charge in [0.15, 0.2) is 9.84 Å². The normalized spacial score (nSPS) is 11.3. The fourth-order valence-electron chi connectivity index (χ4n) is 2.41. The van der Waals surface area contributed by atoms with Crippen molar-refractivity contribution in [2.75, 3.05) is 12.4 Å². The lowest BCUT2D eigenvalue weighted by atomic mass is 10.2. The standard InChI is InChI=1S/C19H22O6S/c1-14-5-8-16(9-6-14)26(23,24)12-4-2-3-11-25-15-7-10-17(19(21)22)18(20)13-15/h5-10,13,20H,2-4,11-12H2,1H3,(H,21,22). The molecule has 0 radical (unpaired) electrons. The molecule has 0 aliphatic heterocycles. The first-order valence-corrected chi connectivity index (χ1v) is 9.93. The van der Waals surface area contributed by atoms with Gasteiger partial charge in [0.25, 0.3) is 0 Å². The number of hydrogen-bond acceptors (Lipinski definition) is 5. The Hall–Kier alpha value is -2.54. The number of aromatic carboxylic acids is 1. The maximum Gasteiger partial charge on any atom is 0.339 e. The van der Waals surface area contributed by atoms with E-state index in [2.05, 4.69) is 0 Å². The molecule has 0 aliphatic carbocycles. The minimum Gasteiger partial charge on any atom is -0.507 e. The molecule has 0 unspecified atom stereocenters. The summed E-state index contributed by atoms with van der Waals surface area (Å²) in [6.45, 7) is 2.27. The Morgan fingerprint density at radius 1 is 1.04 bits per heavy atom. The number of carboxylic acid groups (broad SMARTS) is 1. The van der Waals surface area contributed by atoms with Crippen LogP contribution in [0.5, 0.6) is 11.5 Å². The number of ether oxygens (including phenoxy) is 1. The lowest BCUT2D eigenvalue weighted by Gasteiger charge is -2.08. The number of unbranched alkanes of at least 4 members (excludes halogenated alkanes) is 2. The monoisotopic (exact) mass is 378 g/mol. The van der Waals surface area contributed by atoms with Crippen LogP contribution < -0.4 is 4.74 Å². The van der Waals surface area contributed by atoms with E-state index in [9.17, 15) is 18.3 Å². The Kier molecular flexibility index (Phi) is 6.63. The predicted molar refractivity (Wildman–Crippen MR) is 97.6 cm³/mol. The van der Waals surface area contributed by atoms with E-state index in [4.69, 9.17) is 9.84 Å². The van der Waals surface area contributed by atoms with Gasteiger partial charge in [0.1, 0.15) is 17.1 Å². The fraction of sp³-hybridized carbons (Fsp3) is 0.316. The first-order valence-electron chi connectivity index (χ1n) is 8.28. The van der Waals surface area contributed by atoms with Crippen molar-refractivity contribution < 1.29 is 28.2 Å². The summed E-state index contributed by atoms with van der Waals surface area (Å²) < 4.78 is 29.9. The fourth-order valence-corrected chi connectivity index (χ4v) is 3.78. The van der Waals surface area contributed by atoms with Crippen molar-refractivity contribution in [2.45, 2.75) is 31.1 Å². The Morgan fingerprint density at radius 2 is 1.73 bits per heavy atom. The molecule has 6 nitrogen and oxygen atoms in total. The molecule has 0 saturated heterocycles. The molecule has 2 aromatic rings. The van der Waals surface area contributed by atoms with Gasteiger partial charge < -0.3 is 14.9 Å². The van der Waals surface area contributed by atoms with Gasteiger partial charge >= 0.3 is 5.97 Å². The Bertz CT molecular complexity index is 856. The van der Waals surface area contributed by atoms with Crippen molar-refractivity contribution in [3.05, 3.63) is 53.6 Å². The molecule has 0 aromatic heterocycles. The number of carboxylic acids is 1. The van der Waals surface area contributed by atoms with Gasteiger partial charge in [-0.2, -0.15) is 0 Å². The summed E-state index contributed by atoms with van der Waals surface area (Å²) >= 11 is 0. The van der Waals surface area contributed by atoms with Gasteiger partial charge in [-0.15, -0.1) is 0 Å². The largest absolute Gasteiger partial charge is 0.507 e. The number of sulfone groups is 1. The van der Waals surface area contributed by atoms with Crippen molar-refractivity contribution >= 4 is 15.8 Å². The Balaban J connectivity index is 1.73. The van der Waals surface area contributed by atoms with Crippen molar-refractivity contribution in [2.24, 2.45) is 0 Å². The molecule has 0 saturated carbocycles. The highest BCUT2D eigenvalue weighted by atomic mass is 32.2. The maximum absolute atomic E-state index is 12.2. The second-order valence-corrected chi connectivity index (χ2v) is 8.13. The molecule has 7 heteroatoms. The molecular weight excluding hydrogens is 356 g/mol. The molecule has 0 bridgehead atoms. The first kappa shape index (κ1) is 19.8. The quantitative estimate of drug-likeness (QED) is 0.649. The van der Waals surface area contributed by atoms with Crippen LogP contribution in [-0.2, 0) is 9.84 Å². The number of carbonyl (C=O) groups is 1. The third kappa shape index (κ3) is 5.49. The molecule has 2 aromatic carbocycles. The average Bonchev–Trinajstić information content (AvgIpc) is 2.58. The third-order valence-corrected chi connectivity index (χ3v) is 5.72. The molecule has 0 spiro atoms. The van der Waals surface area contributed by atoms with E-state index in [-0.39, 0.29) is 17.1 Å². The third-order valence-electron chi connectivity index (χ3n) is 3.91. The van der Waals surface area contributed by atoms with Crippen molar-refractivity contribution in [1.29, 1.82) is 0 Å². The molecule has 0 aliphatic rings. The van der Waals surface area contributed by atoms with E-state index < -0.39 is 15.8 Å². The van der Waals surface area contributed by atoms with E-state index in [0.717, 1.165) is 5.56 Å². The number of aromatic hydroxyl groups is 1. The van der Waals surface area contributed by atoms with E-state index in [1.165, 1.54) is 18.2 Å². The second-order valence-electron chi connectivity index (χ2n) is 6.03. The Labute approximate surface area is 153 Å². The molecule has 2 rings (SSSR count). The van der Waals surface area contributed by atoms with Crippen molar-refractivity contribution in [3.63, 3.8) is 0 Å². The van der Waals surface area contributed by atoms with Gasteiger partial charge in [-0.05, 0) is 50.5 Å². The summed E-state index contributed by atoms with van der Waals surface area (Å²) in [6, 6.07) is 10.8. The minimum absolute atomic E-state index is 0.0875. The molecular formula is C19H22O6S. The molecule has 140 valence electrons. The van der Waals surface area contributed by atoms with Crippen molar-refractivity contribution in [3.8, 4) is 11.5 Å². The van der Waals surface area contributed by atoms with E-state index in [1.54, 1.807) is 24.3 Å². The summed E-state index contributed by atoms with van der Waals surface area (Å²) in [7, 11) is -3.26. The molecule has 0 atom stereocenters. The predicted octanol–water partition coefficient (Wildman–Crippen LogP) is 3.42. The van der Waals surface area contributed by atoms with Gasteiger partial charge in [-0.25, -0.2) is 13.2 Å². The van der Waals surface area contributed by atoms with Crippen LogP contribution >= 0.6 is 0 Å². The topological polar surface area (TPSA) is 101 Å². The molecule has 0 fully saturated rings. The maximum atomic E-state index is 12.2. The molecule has 26 heavy (non-hydrogen) atoms. The highest BCUT2D eigenvalue weighted by Gasteiger charge is 2.13. The van der Waals surface area contributed by atoms with Gasteiger partial charge in [0.05, 0.1) is 17.3 Å². The summed E-state index contributed by atoms with van der Waals surface area (Å²) in [4.78, 5) is 11.2. The summed E-state index contributed by atoms with van der Waals surface area (Å²) in [5.41, 5.74) is 0.835. The Morgan fingerprint density at radius 3 is 2.35 bits per heavy atom. The van der Waals surface area contributed by atoms with Crippen LogP contribution in [0.1, 0.15) is 35.2 Å². The molecule has 0 heterocycles. The smallest absolute Gasteiger partial charge is 0.339 e. The molecule has 2 N–H and O–H groups in total. The van der Waals surface area contributed by atoms with E-state index >= 15 is 0 Å². The highest BCUT2D eigenvalue weighted by molar-refractivity contribution is 7.91. The minimum atomic E-state index is -3.26. The van der Waals surface area contributed by atoms with Crippen LogP contribution in [0.2, 0.25) is 0 Å². The summed E-state index contributed by atoms with van der Waals surface area (Å²) in [6.07, 6.45) is 1.87. The SMILES string of the molecule is Cc1ccc(S(=O)(=O)CCCCCOc2ccc(C(=O)O)c(O)c2)cc1. The number of hydrogen-bond donors (Lipinski definition) is 2. The zero-order valence-corrected chi connectivity index (χ0v) is 15.3. The van der Waals surface area contributed by atoms with Gasteiger partial charge in [0, 0.05) is 6.07 Å². The first-order chi connectivity index (χ1) is 12.3. The van der Waals surface area contributed by atoms with Gasteiger partial charge in [0.2, 0.25) is 0 Å². The van der Waals surface area contributed by atoms with Gasteiger partial charge in [-0.1, -0.05) is 17.7 Å². The van der Waals surface area contributed by atoms with Crippen LogP contribution in [-0.4, -0.2) is 37.0 Å². The number of phenols is 1. The summed E-state index contributed by atoms with van der Waals surface area (Å²) in [5.74, 6) is -1.09. The van der Waals surface area contributed by atoms with Crippen LogP contribution in [0.3, 0.4) is 0 Å². The van der Waals surface area contributed by atoms with Crippen LogP contribution in [0.15, 0.2) is 47.4 Å². The van der Waals surface area contributed by atoms with E-state index in [1.807, 2.05) is 6.92 Å². The second kappa shape index (κ2) is 8.71. The highest BCUT2D eigenvalue weighted by Crippen LogP contribution is 2.23. The number of aryl methyl sites for hydroxylation is 1. The average molecular weight is 378 g/mol. The zero-order valence-electron chi connectivity index (χ0n) is 14.5. The zero-order chi connectivity index (χ0) is 19.2. The number of rotatable bonds is 9. The van der Waals surface area contributed by atoms with Crippen LogP contribution in [0, 0.1) is 6.92 Å². The van der Waals surface area contributed by atoms with Crippen LogP contribution in [0.4, 0.5) is 0 Å². The van der Waals surface area contributed by atoms with Crippen LogP contribution in [0.25, 0.3) is 0 Å². The van der Waals surface area contributed by atoms with Crippen molar-refractivity contribution in [1.82, 2.24) is 0 Å². The van der Waals surface area contributed by atoms with E-state index in [0.29, 0.717) is 36.5 Å². The van der Waals surface area contributed by atoms with Gasteiger partial charge in [-0.3, -0.25) is 0 Å². The molecule has 0 amide bonds. The summed E-state index contributed by atoms with van der Waals surface area (Å²) in [5, 5.41) is 18.4.